The molecule has 9 heteroatoms. The molecule has 1 aromatic carbocycles. The fraction of sp³-hybridized carbons (Fsp3) is 0.609. The first-order valence-electron chi connectivity index (χ1n) is 11.3. The number of nitrogens with zero attached hydrogens (tertiary/aromatic N) is 4. The minimum atomic E-state index is 0. The van der Waals surface area contributed by atoms with Crippen LogP contribution in [-0.4, -0.2) is 65.9 Å². The van der Waals surface area contributed by atoms with Crippen molar-refractivity contribution in [3.05, 3.63) is 35.7 Å². The summed E-state index contributed by atoms with van der Waals surface area (Å²) in [6, 6.07) is 8.13. The van der Waals surface area contributed by atoms with Gasteiger partial charge in [-0.1, -0.05) is 24.2 Å². The van der Waals surface area contributed by atoms with Gasteiger partial charge < -0.3 is 19.9 Å². The molecule has 0 bridgehead atoms. The first kappa shape index (κ1) is 26.5. The van der Waals surface area contributed by atoms with Crippen molar-refractivity contribution in [2.45, 2.75) is 52.6 Å². The summed E-state index contributed by atoms with van der Waals surface area (Å²) in [4.78, 5) is 11.7. The average molecular weight is 556 g/mol. The molecule has 2 N–H and O–H groups in total. The lowest BCUT2D eigenvalue weighted by Gasteiger charge is -2.41. The molecule has 1 aliphatic heterocycles. The third kappa shape index (κ3) is 7.70. The Morgan fingerprint density at radius 3 is 2.69 bits per heavy atom. The molecule has 32 heavy (non-hydrogen) atoms. The first-order valence-corrected chi connectivity index (χ1v) is 11.3. The standard InChI is InChI=1S/C23H36N6O2.HI/c1-5-8-20-27-21(31-28-20)19-10-7-9-18(15-19)16-25-22(24-6-2)26-17-23(3,4)29-11-13-30-14-12-29;/h7,9-10,15H,5-6,8,11-14,16-17H2,1-4H3,(H2,24,25,26);1H. The third-order valence-electron chi connectivity index (χ3n) is 5.44. The maximum atomic E-state index is 5.49. The van der Waals surface area contributed by atoms with Crippen LogP contribution in [0, 0.1) is 0 Å². The summed E-state index contributed by atoms with van der Waals surface area (Å²) in [6.07, 6.45) is 1.82. The molecule has 0 unspecified atom stereocenters. The van der Waals surface area contributed by atoms with Crippen LogP contribution in [0.3, 0.4) is 0 Å². The van der Waals surface area contributed by atoms with Gasteiger partial charge in [0.2, 0.25) is 0 Å². The van der Waals surface area contributed by atoms with Gasteiger partial charge in [-0.3, -0.25) is 4.90 Å². The number of rotatable bonds is 9. The Hall–Kier alpha value is -1.72. The third-order valence-corrected chi connectivity index (χ3v) is 5.44. The van der Waals surface area contributed by atoms with Crippen LogP contribution in [0.1, 0.15) is 45.5 Å². The van der Waals surface area contributed by atoms with E-state index in [1.54, 1.807) is 0 Å². The number of nitrogens with one attached hydrogen (secondary N) is 2. The van der Waals surface area contributed by atoms with Crippen LogP contribution in [0.15, 0.2) is 33.8 Å². The van der Waals surface area contributed by atoms with Crippen molar-refractivity contribution >= 4 is 29.9 Å². The van der Waals surface area contributed by atoms with E-state index >= 15 is 0 Å². The summed E-state index contributed by atoms with van der Waals surface area (Å²) in [7, 11) is 0. The molecular formula is C23H37IN6O2. The molecule has 178 valence electrons. The van der Waals surface area contributed by atoms with E-state index < -0.39 is 0 Å². The molecule has 0 saturated carbocycles. The highest BCUT2D eigenvalue weighted by Gasteiger charge is 2.28. The maximum Gasteiger partial charge on any atom is 0.257 e. The number of morpholine rings is 1. The molecule has 3 rings (SSSR count). The van der Waals surface area contributed by atoms with Crippen molar-refractivity contribution in [3.8, 4) is 11.5 Å². The summed E-state index contributed by atoms with van der Waals surface area (Å²) in [5, 5.41) is 10.9. The van der Waals surface area contributed by atoms with Crippen LogP contribution in [0.2, 0.25) is 0 Å². The van der Waals surface area contributed by atoms with Crippen LogP contribution < -0.4 is 10.6 Å². The number of aromatic nitrogens is 2. The predicted molar refractivity (Wildman–Crippen MR) is 138 cm³/mol. The van der Waals surface area contributed by atoms with E-state index in [-0.39, 0.29) is 29.5 Å². The largest absolute Gasteiger partial charge is 0.379 e. The van der Waals surface area contributed by atoms with E-state index in [1.807, 2.05) is 12.1 Å². The van der Waals surface area contributed by atoms with Gasteiger partial charge in [0.05, 0.1) is 19.8 Å². The SMILES string of the molecule is CCCc1noc(-c2cccc(CN=C(NCC)NCC(C)(C)N3CCOCC3)c2)n1.I. The number of hydrogen-bond donors (Lipinski definition) is 2. The topological polar surface area (TPSA) is 87.8 Å². The zero-order valence-electron chi connectivity index (χ0n) is 19.7. The van der Waals surface area contributed by atoms with Crippen LogP contribution in [-0.2, 0) is 17.7 Å². The number of aryl methyl sites for hydroxylation is 1. The van der Waals surface area contributed by atoms with Crippen molar-refractivity contribution in [2.75, 3.05) is 39.4 Å². The van der Waals surface area contributed by atoms with Gasteiger partial charge in [-0.15, -0.1) is 24.0 Å². The summed E-state index contributed by atoms with van der Waals surface area (Å²) in [6.45, 7) is 14.4. The second kappa shape index (κ2) is 13.1. The summed E-state index contributed by atoms with van der Waals surface area (Å²) in [5.41, 5.74) is 2.04. The van der Waals surface area contributed by atoms with E-state index in [9.17, 15) is 0 Å². The van der Waals surface area contributed by atoms with Gasteiger partial charge in [0.25, 0.3) is 5.89 Å². The number of hydrogen-bond acceptors (Lipinski definition) is 6. The van der Waals surface area contributed by atoms with E-state index in [1.165, 1.54) is 0 Å². The molecule has 0 amide bonds. The molecule has 1 saturated heterocycles. The Kier molecular flexibility index (Phi) is 10.9. The zero-order chi connectivity index (χ0) is 22.1. The fourth-order valence-corrected chi connectivity index (χ4v) is 3.59. The van der Waals surface area contributed by atoms with Gasteiger partial charge in [0.15, 0.2) is 11.8 Å². The molecule has 0 atom stereocenters. The molecule has 1 aromatic heterocycles. The van der Waals surface area contributed by atoms with Crippen molar-refractivity contribution in [3.63, 3.8) is 0 Å². The lowest BCUT2D eigenvalue weighted by molar-refractivity contribution is -0.00834. The predicted octanol–water partition coefficient (Wildman–Crippen LogP) is 3.47. The highest BCUT2D eigenvalue weighted by atomic mass is 127. The molecule has 2 aromatic rings. The van der Waals surface area contributed by atoms with E-state index in [4.69, 9.17) is 14.3 Å². The quantitative estimate of drug-likeness (QED) is 0.278. The van der Waals surface area contributed by atoms with E-state index in [0.29, 0.717) is 12.4 Å². The molecule has 1 aliphatic rings. The number of benzene rings is 1. The second-order valence-corrected chi connectivity index (χ2v) is 8.43. The lowest BCUT2D eigenvalue weighted by atomic mass is 10.0. The molecular weight excluding hydrogens is 519 g/mol. The van der Waals surface area contributed by atoms with Crippen LogP contribution in [0.4, 0.5) is 0 Å². The van der Waals surface area contributed by atoms with Gasteiger partial charge in [-0.25, -0.2) is 4.99 Å². The van der Waals surface area contributed by atoms with Crippen molar-refractivity contribution in [1.29, 1.82) is 0 Å². The normalized spacial score (nSPS) is 15.3. The molecule has 2 heterocycles. The van der Waals surface area contributed by atoms with Crippen LogP contribution >= 0.6 is 24.0 Å². The number of ether oxygens (including phenoxy) is 1. The Bertz CT molecular complexity index is 849. The van der Waals surface area contributed by atoms with Gasteiger partial charge in [-0.2, -0.15) is 4.98 Å². The molecule has 8 nitrogen and oxygen atoms in total. The summed E-state index contributed by atoms with van der Waals surface area (Å²) in [5.74, 6) is 2.13. The Balaban J connectivity index is 0.00000363. The first-order chi connectivity index (χ1) is 15.0. The fourth-order valence-electron chi connectivity index (χ4n) is 3.59. The lowest BCUT2D eigenvalue weighted by Crippen LogP contribution is -2.56. The van der Waals surface area contributed by atoms with Crippen molar-refractivity contribution in [1.82, 2.24) is 25.7 Å². The van der Waals surface area contributed by atoms with Gasteiger partial charge in [0, 0.05) is 43.7 Å². The zero-order valence-corrected chi connectivity index (χ0v) is 22.0. The second-order valence-electron chi connectivity index (χ2n) is 8.43. The van der Waals surface area contributed by atoms with Gasteiger partial charge in [0.1, 0.15) is 0 Å². The van der Waals surface area contributed by atoms with Crippen molar-refractivity contribution in [2.24, 2.45) is 4.99 Å². The van der Waals surface area contributed by atoms with Crippen molar-refractivity contribution < 1.29 is 9.26 Å². The number of aliphatic imine (C=N–C) groups is 1. The highest BCUT2D eigenvalue weighted by Crippen LogP contribution is 2.19. The Morgan fingerprint density at radius 2 is 1.97 bits per heavy atom. The number of guanidine groups is 1. The van der Waals surface area contributed by atoms with Gasteiger partial charge in [-0.05, 0) is 44.9 Å². The molecule has 0 spiro atoms. The van der Waals surface area contributed by atoms with E-state index in [0.717, 1.165) is 75.1 Å². The summed E-state index contributed by atoms with van der Waals surface area (Å²) < 4.78 is 10.9. The molecule has 0 aliphatic carbocycles. The van der Waals surface area contributed by atoms with Crippen LogP contribution in [0.25, 0.3) is 11.5 Å². The molecule has 0 radical (unpaired) electrons. The monoisotopic (exact) mass is 556 g/mol. The minimum absolute atomic E-state index is 0. The summed E-state index contributed by atoms with van der Waals surface area (Å²) >= 11 is 0. The Morgan fingerprint density at radius 1 is 1.19 bits per heavy atom. The molecule has 1 fully saturated rings. The average Bonchev–Trinajstić information content (AvgIpc) is 3.25. The minimum Gasteiger partial charge on any atom is -0.379 e. The number of halogens is 1. The maximum absolute atomic E-state index is 5.49. The smallest absolute Gasteiger partial charge is 0.257 e. The van der Waals surface area contributed by atoms with Crippen LogP contribution in [0.5, 0.6) is 0 Å². The Labute approximate surface area is 208 Å². The van der Waals surface area contributed by atoms with Gasteiger partial charge >= 0.3 is 0 Å². The van der Waals surface area contributed by atoms with E-state index in [2.05, 4.69) is 65.5 Å². The highest BCUT2D eigenvalue weighted by molar-refractivity contribution is 14.0.